The number of hydrogen-bond donors (Lipinski definition) is 1. The summed E-state index contributed by atoms with van der Waals surface area (Å²) in [5.41, 5.74) is 2.97. The monoisotopic (exact) mass is 180 g/mol. The summed E-state index contributed by atoms with van der Waals surface area (Å²) in [5.74, 6) is 0. The van der Waals surface area contributed by atoms with Crippen LogP contribution < -0.4 is 0 Å². The highest BCUT2D eigenvalue weighted by Crippen LogP contribution is 2.25. The zero-order valence-electron chi connectivity index (χ0n) is 6.98. The Kier molecular flexibility index (Phi) is 1.58. The summed E-state index contributed by atoms with van der Waals surface area (Å²) in [7, 11) is 0. The summed E-state index contributed by atoms with van der Waals surface area (Å²) in [6, 6.07) is 2.01. The molecule has 12 heavy (non-hydrogen) atoms. The van der Waals surface area contributed by atoms with Crippen molar-refractivity contribution in [3.8, 4) is 0 Å². The Morgan fingerprint density at radius 2 is 2.17 bits per heavy atom. The number of fused-ring (bicyclic) bond motifs is 1. The highest BCUT2D eigenvalue weighted by atomic mass is 35.5. The van der Waals surface area contributed by atoms with Gasteiger partial charge in [-0.25, -0.2) is 4.98 Å². The van der Waals surface area contributed by atoms with Gasteiger partial charge < -0.3 is 4.98 Å². The minimum atomic E-state index is 0.796. The van der Waals surface area contributed by atoms with Crippen molar-refractivity contribution < 1.29 is 0 Å². The number of aromatic amines is 1. The van der Waals surface area contributed by atoms with Gasteiger partial charge in [-0.2, -0.15) is 0 Å². The summed E-state index contributed by atoms with van der Waals surface area (Å²) in [4.78, 5) is 7.35. The number of aromatic nitrogens is 2. The van der Waals surface area contributed by atoms with Gasteiger partial charge in [-0.3, -0.25) is 0 Å². The van der Waals surface area contributed by atoms with Crippen LogP contribution in [-0.2, 0) is 0 Å². The third-order valence-corrected chi connectivity index (χ3v) is 2.40. The minimum absolute atomic E-state index is 0.796. The van der Waals surface area contributed by atoms with Gasteiger partial charge in [0.05, 0.1) is 5.02 Å². The van der Waals surface area contributed by atoms with Gasteiger partial charge in [0.2, 0.25) is 0 Å². The Morgan fingerprint density at radius 1 is 1.42 bits per heavy atom. The molecule has 2 aromatic rings. The number of pyridine rings is 1. The molecule has 62 valence electrons. The molecule has 0 aliphatic heterocycles. The first-order valence-electron chi connectivity index (χ1n) is 3.79. The molecule has 0 bridgehead atoms. The zero-order chi connectivity index (χ0) is 8.72. The number of halogens is 1. The van der Waals surface area contributed by atoms with Gasteiger partial charge >= 0.3 is 0 Å². The van der Waals surface area contributed by atoms with E-state index in [1.165, 1.54) is 0 Å². The molecular formula is C9H9ClN2. The quantitative estimate of drug-likeness (QED) is 0.664. The van der Waals surface area contributed by atoms with Crippen LogP contribution in [-0.4, -0.2) is 9.97 Å². The lowest BCUT2D eigenvalue weighted by molar-refractivity contribution is 1.24. The molecule has 0 fully saturated rings. The molecule has 3 heteroatoms. The summed E-state index contributed by atoms with van der Waals surface area (Å²) in [6.07, 6.45) is 1.78. The molecule has 0 aliphatic carbocycles. The smallest absolute Gasteiger partial charge is 0.138 e. The number of aryl methyl sites for hydroxylation is 2. The third-order valence-electron chi connectivity index (χ3n) is 1.90. The van der Waals surface area contributed by atoms with Gasteiger partial charge in [0.1, 0.15) is 5.65 Å². The average molecular weight is 181 g/mol. The lowest BCUT2D eigenvalue weighted by Gasteiger charge is -1.96. The minimum Gasteiger partial charge on any atom is -0.344 e. The first-order valence-corrected chi connectivity index (χ1v) is 4.16. The second-order valence-electron chi connectivity index (χ2n) is 2.97. The van der Waals surface area contributed by atoms with Crippen molar-refractivity contribution in [3.05, 3.63) is 28.5 Å². The Balaban J connectivity index is 2.89. The molecule has 0 atom stereocenters. The molecule has 0 unspecified atom stereocenters. The predicted molar refractivity (Wildman–Crippen MR) is 50.6 cm³/mol. The number of nitrogens with one attached hydrogen (secondary N) is 1. The van der Waals surface area contributed by atoms with Gasteiger partial charge in [-0.1, -0.05) is 11.6 Å². The molecule has 0 saturated carbocycles. The van der Waals surface area contributed by atoms with E-state index in [-0.39, 0.29) is 0 Å². The summed E-state index contributed by atoms with van der Waals surface area (Å²) in [6.45, 7) is 3.95. The van der Waals surface area contributed by atoms with Crippen LogP contribution in [0, 0.1) is 13.8 Å². The van der Waals surface area contributed by atoms with Crippen molar-refractivity contribution in [3.63, 3.8) is 0 Å². The van der Waals surface area contributed by atoms with E-state index >= 15 is 0 Å². The van der Waals surface area contributed by atoms with Crippen LogP contribution >= 0.6 is 11.6 Å². The Morgan fingerprint density at radius 3 is 2.92 bits per heavy atom. The second kappa shape index (κ2) is 2.49. The van der Waals surface area contributed by atoms with E-state index in [2.05, 4.69) is 9.97 Å². The topological polar surface area (TPSA) is 28.7 Å². The largest absolute Gasteiger partial charge is 0.344 e. The van der Waals surface area contributed by atoms with Crippen molar-refractivity contribution in [1.82, 2.24) is 9.97 Å². The van der Waals surface area contributed by atoms with E-state index in [1.807, 2.05) is 19.9 Å². The summed E-state index contributed by atoms with van der Waals surface area (Å²) >= 11 is 6.08. The maximum Gasteiger partial charge on any atom is 0.138 e. The average Bonchev–Trinajstić information content (AvgIpc) is 2.39. The van der Waals surface area contributed by atoms with Crippen LogP contribution in [0.1, 0.15) is 11.3 Å². The zero-order valence-corrected chi connectivity index (χ0v) is 7.74. The molecule has 2 heterocycles. The van der Waals surface area contributed by atoms with Crippen LogP contribution in [0.15, 0.2) is 12.3 Å². The van der Waals surface area contributed by atoms with E-state index in [0.29, 0.717) is 0 Å². The molecule has 0 spiro atoms. The normalized spacial score (nSPS) is 10.9. The number of rotatable bonds is 0. The van der Waals surface area contributed by atoms with E-state index in [1.54, 1.807) is 6.20 Å². The van der Waals surface area contributed by atoms with Crippen LogP contribution in [0.5, 0.6) is 0 Å². The first-order chi connectivity index (χ1) is 5.68. The number of H-pyrrole nitrogens is 1. The van der Waals surface area contributed by atoms with Gasteiger partial charge in [-0.05, 0) is 25.5 Å². The fraction of sp³-hybridized carbons (Fsp3) is 0.222. The van der Waals surface area contributed by atoms with Crippen molar-refractivity contribution >= 4 is 22.6 Å². The van der Waals surface area contributed by atoms with Crippen LogP contribution in [0.2, 0.25) is 5.02 Å². The molecule has 0 amide bonds. The summed E-state index contributed by atoms with van der Waals surface area (Å²) in [5, 5.41) is 1.80. The SMILES string of the molecule is Cc1cc2c(Cl)c(C)cnc2[nH]1. The van der Waals surface area contributed by atoms with Crippen molar-refractivity contribution in [2.75, 3.05) is 0 Å². The summed E-state index contributed by atoms with van der Waals surface area (Å²) < 4.78 is 0. The molecule has 0 saturated heterocycles. The van der Waals surface area contributed by atoms with Crippen LogP contribution in [0.4, 0.5) is 0 Å². The Bertz CT molecular complexity index is 431. The fourth-order valence-corrected chi connectivity index (χ4v) is 1.47. The van der Waals surface area contributed by atoms with Gasteiger partial charge in [-0.15, -0.1) is 0 Å². The highest BCUT2D eigenvalue weighted by molar-refractivity contribution is 6.36. The molecule has 0 aromatic carbocycles. The van der Waals surface area contributed by atoms with Crippen molar-refractivity contribution in [2.45, 2.75) is 13.8 Å². The predicted octanol–water partition coefficient (Wildman–Crippen LogP) is 2.83. The molecule has 1 N–H and O–H groups in total. The van der Waals surface area contributed by atoms with Gasteiger partial charge in [0, 0.05) is 17.3 Å². The molecule has 0 radical (unpaired) electrons. The Labute approximate surface area is 75.6 Å². The third kappa shape index (κ3) is 0.994. The van der Waals surface area contributed by atoms with Gasteiger partial charge in [0.15, 0.2) is 0 Å². The molecule has 2 nitrogen and oxygen atoms in total. The van der Waals surface area contributed by atoms with Crippen molar-refractivity contribution in [1.29, 1.82) is 0 Å². The maximum atomic E-state index is 6.08. The molecule has 2 rings (SSSR count). The van der Waals surface area contributed by atoms with E-state index < -0.39 is 0 Å². The van der Waals surface area contributed by atoms with Crippen LogP contribution in [0.25, 0.3) is 11.0 Å². The maximum absolute atomic E-state index is 6.08. The fourth-order valence-electron chi connectivity index (χ4n) is 1.27. The van der Waals surface area contributed by atoms with Gasteiger partial charge in [0.25, 0.3) is 0 Å². The standard InChI is InChI=1S/C9H9ClN2/c1-5-4-11-9-7(8(5)10)3-6(2)12-9/h3-4H,1-2H3,(H,11,12). The Hall–Kier alpha value is -1.02. The number of hydrogen-bond acceptors (Lipinski definition) is 1. The first kappa shape index (κ1) is 7.62. The van der Waals surface area contributed by atoms with Crippen LogP contribution in [0.3, 0.4) is 0 Å². The number of nitrogens with zero attached hydrogens (tertiary/aromatic N) is 1. The highest BCUT2D eigenvalue weighted by Gasteiger charge is 2.04. The van der Waals surface area contributed by atoms with E-state index in [4.69, 9.17) is 11.6 Å². The molecule has 0 aliphatic rings. The van der Waals surface area contributed by atoms with Crippen molar-refractivity contribution in [2.24, 2.45) is 0 Å². The lowest BCUT2D eigenvalue weighted by atomic mass is 10.2. The molecule has 2 aromatic heterocycles. The lowest BCUT2D eigenvalue weighted by Crippen LogP contribution is -1.80. The van der Waals surface area contributed by atoms with E-state index in [0.717, 1.165) is 27.3 Å². The second-order valence-corrected chi connectivity index (χ2v) is 3.35. The molecular weight excluding hydrogens is 172 g/mol. The van der Waals surface area contributed by atoms with E-state index in [9.17, 15) is 0 Å².